The number of nitriles is 1. The highest BCUT2D eigenvalue weighted by Crippen LogP contribution is 2.31. The van der Waals surface area contributed by atoms with Crippen molar-refractivity contribution in [2.45, 2.75) is 12.5 Å². The summed E-state index contributed by atoms with van der Waals surface area (Å²) in [5.74, 6) is -0.416. The molecule has 0 radical (unpaired) electrons. The fraction of sp³-hybridized carbons (Fsp3) is 0.333. The third-order valence-electron chi connectivity index (χ3n) is 6.10. The molecule has 2 aliphatic rings. The van der Waals surface area contributed by atoms with Crippen molar-refractivity contribution in [3.8, 4) is 6.07 Å². The quantitative estimate of drug-likeness (QED) is 0.370. The highest BCUT2D eigenvalue weighted by Gasteiger charge is 2.34. The molecule has 0 saturated carbocycles. The van der Waals surface area contributed by atoms with Gasteiger partial charge in [0, 0.05) is 59.6 Å². The first kappa shape index (κ1) is 24.7. The highest BCUT2D eigenvalue weighted by molar-refractivity contribution is 5.97. The number of urea groups is 1. The Kier molecular flexibility index (Phi) is 7.19. The Bertz CT molecular complexity index is 1260. The lowest BCUT2D eigenvalue weighted by molar-refractivity contribution is 0.139. The van der Waals surface area contributed by atoms with E-state index in [9.17, 15) is 13.6 Å². The first-order chi connectivity index (χ1) is 17.4. The molecule has 0 aliphatic carbocycles. The van der Waals surface area contributed by atoms with Crippen molar-refractivity contribution in [1.82, 2.24) is 19.9 Å². The Morgan fingerprint density at radius 3 is 2.64 bits per heavy atom. The van der Waals surface area contributed by atoms with E-state index in [0.29, 0.717) is 49.7 Å². The number of halogens is 2. The van der Waals surface area contributed by atoms with Crippen LogP contribution in [0, 0.1) is 23.0 Å². The number of carbonyl (C=O) groups excluding carboxylic acids is 1. The van der Waals surface area contributed by atoms with E-state index >= 15 is 0 Å². The molecule has 1 saturated heterocycles. The van der Waals surface area contributed by atoms with Gasteiger partial charge in [0.25, 0.3) is 0 Å². The molecule has 0 N–H and O–H groups in total. The third kappa shape index (κ3) is 4.86. The second-order valence-corrected chi connectivity index (χ2v) is 8.25. The van der Waals surface area contributed by atoms with E-state index in [-0.39, 0.29) is 17.4 Å². The van der Waals surface area contributed by atoms with Crippen LogP contribution in [0.3, 0.4) is 0 Å². The summed E-state index contributed by atoms with van der Waals surface area (Å²) >= 11 is 0. The van der Waals surface area contributed by atoms with Crippen LogP contribution in [0.2, 0.25) is 0 Å². The van der Waals surface area contributed by atoms with E-state index in [2.05, 4.69) is 26.9 Å². The highest BCUT2D eigenvalue weighted by atomic mass is 19.1. The molecule has 2 aromatic rings. The van der Waals surface area contributed by atoms with Gasteiger partial charge in [-0.05, 0) is 35.9 Å². The average molecular weight is 494 g/mol. The van der Waals surface area contributed by atoms with E-state index in [1.165, 1.54) is 28.2 Å². The molecule has 186 valence electrons. The maximum absolute atomic E-state index is 14.7. The van der Waals surface area contributed by atoms with Crippen LogP contribution in [0.4, 0.5) is 19.4 Å². The summed E-state index contributed by atoms with van der Waals surface area (Å²) in [7, 11) is 3.26. The van der Waals surface area contributed by atoms with E-state index in [4.69, 9.17) is 5.26 Å². The Morgan fingerprint density at radius 2 is 1.97 bits per heavy atom. The zero-order valence-electron chi connectivity index (χ0n) is 20.0. The molecular formula is C24H25F2N9O. The molecule has 36 heavy (non-hydrogen) atoms. The van der Waals surface area contributed by atoms with E-state index in [1.54, 1.807) is 36.2 Å². The number of nitrogens with zero attached hydrogens (tertiary/aromatic N) is 9. The van der Waals surface area contributed by atoms with Crippen LogP contribution in [-0.4, -0.2) is 85.0 Å². The van der Waals surface area contributed by atoms with Crippen molar-refractivity contribution in [2.75, 3.05) is 45.2 Å². The molecule has 0 bridgehead atoms. The number of anilines is 1. The van der Waals surface area contributed by atoms with Gasteiger partial charge in [0.1, 0.15) is 11.5 Å². The Hall–Kier alpha value is -4.40. The molecule has 1 aromatic heterocycles. The topological polar surface area (TPSA) is 104 Å². The lowest BCUT2D eigenvalue weighted by Crippen LogP contribution is -2.52. The number of hydrazone groups is 2. The molecule has 2 amide bonds. The largest absolute Gasteiger partial charge is 0.351 e. The number of amidine groups is 1. The zero-order valence-corrected chi connectivity index (χ0v) is 20.0. The zero-order chi connectivity index (χ0) is 25.8. The molecule has 0 unspecified atom stereocenters. The van der Waals surface area contributed by atoms with Crippen LogP contribution in [0.1, 0.15) is 29.3 Å². The van der Waals surface area contributed by atoms with Crippen molar-refractivity contribution < 1.29 is 13.6 Å². The summed E-state index contributed by atoms with van der Waals surface area (Å²) in [4.78, 5) is 25.3. The first-order valence-electron chi connectivity index (χ1n) is 11.3. The fourth-order valence-corrected chi connectivity index (χ4v) is 4.27. The number of amides is 2. The van der Waals surface area contributed by atoms with Gasteiger partial charge in [0.15, 0.2) is 17.5 Å². The van der Waals surface area contributed by atoms with Gasteiger partial charge in [-0.3, -0.25) is 10.0 Å². The minimum absolute atomic E-state index is 0.166. The van der Waals surface area contributed by atoms with Gasteiger partial charge in [-0.2, -0.15) is 15.5 Å². The third-order valence-corrected chi connectivity index (χ3v) is 6.10. The van der Waals surface area contributed by atoms with Gasteiger partial charge in [-0.25, -0.2) is 23.6 Å². The van der Waals surface area contributed by atoms with Gasteiger partial charge < -0.3 is 9.80 Å². The fourth-order valence-electron chi connectivity index (χ4n) is 4.27. The Morgan fingerprint density at radius 1 is 1.22 bits per heavy atom. The summed E-state index contributed by atoms with van der Waals surface area (Å²) in [6, 6.07) is 7.97. The summed E-state index contributed by atoms with van der Waals surface area (Å²) in [6.45, 7) is 4.82. The lowest BCUT2D eigenvalue weighted by atomic mass is 10.0. The van der Waals surface area contributed by atoms with Crippen molar-refractivity contribution >= 4 is 30.6 Å². The number of hydrogen-bond acceptors (Lipinski definition) is 7. The van der Waals surface area contributed by atoms with Gasteiger partial charge >= 0.3 is 6.03 Å². The van der Waals surface area contributed by atoms with Gasteiger partial charge in [-0.15, -0.1) is 0 Å². The summed E-state index contributed by atoms with van der Waals surface area (Å²) < 4.78 is 28.7. The second-order valence-electron chi connectivity index (χ2n) is 8.25. The monoisotopic (exact) mass is 493 g/mol. The van der Waals surface area contributed by atoms with Crippen molar-refractivity contribution in [3.63, 3.8) is 0 Å². The van der Waals surface area contributed by atoms with Crippen LogP contribution in [0.25, 0.3) is 0 Å². The average Bonchev–Trinajstić information content (AvgIpc) is 3.39. The molecule has 0 spiro atoms. The minimum atomic E-state index is -0.542. The van der Waals surface area contributed by atoms with Crippen molar-refractivity contribution in [2.24, 2.45) is 15.2 Å². The van der Waals surface area contributed by atoms with E-state index < -0.39 is 17.7 Å². The normalized spacial score (nSPS) is 17.8. The maximum atomic E-state index is 14.7. The van der Waals surface area contributed by atoms with E-state index in [0.717, 1.165) is 6.07 Å². The SMILES string of the molecule is C=NN(C)C(=NC)c1ccc(F)c(N2CCN(C(=O)N3N=CC[C@H]3c3cc(F)cc(C#N)c3)CC2)n1. The molecule has 12 heteroatoms. The molecule has 4 rings (SSSR count). The number of piperazine rings is 1. The molecular weight excluding hydrogens is 468 g/mol. The van der Waals surface area contributed by atoms with Gasteiger partial charge in [0.05, 0.1) is 17.7 Å². The van der Waals surface area contributed by atoms with E-state index in [1.807, 2.05) is 6.07 Å². The first-order valence-corrected chi connectivity index (χ1v) is 11.3. The lowest BCUT2D eigenvalue weighted by Gasteiger charge is -2.37. The smallest absolute Gasteiger partial charge is 0.341 e. The van der Waals surface area contributed by atoms with Crippen molar-refractivity contribution in [1.29, 1.82) is 5.26 Å². The minimum Gasteiger partial charge on any atom is -0.351 e. The molecule has 10 nitrogen and oxygen atoms in total. The van der Waals surface area contributed by atoms with Crippen LogP contribution >= 0.6 is 0 Å². The summed E-state index contributed by atoms with van der Waals surface area (Å²) in [6.07, 6.45) is 2.01. The van der Waals surface area contributed by atoms with Crippen LogP contribution < -0.4 is 4.90 Å². The number of aliphatic imine (C=N–C) groups is 1. The predicted octanol–water partition coefficient (Wildman–Crippen LogP) is 2.83. The maximum Gasteiger partial charge on any atom is 0.341 e. The van der Waals surface area contributed by atoms with Crippen LogP contribution in [0.15, 0.2) is 45.5 Å². The molecule has 1 aromatic carbocycles. The number of hydrogen-bond donors (Lipinski definition) is 0. The van der Waals surface area contributed by atoms with Gasteiger partial charge in [-0.1, -0.05) is 0 Å². The van der Waals surface area contributed by atoms with Gasteiger partial charge in [0.2, 0.25) is 0 Å². The number of benzene rings is 1. The summed E-state index contributed by atoms with van der Waals surface area (Å²) in [5.41, 5.74) is 1.14. The number of rotatable bonds is 4. The number of pyridine rings is 1. The number of carbonyl (C=O) groups is 1. The van der Waals surface area contributed by atoms with Crippen LogP contribution in [0.5, 0.6) is 0 Å². The summed E-state index contributed by atoms with van der Waals surface area (Å²) in [5, 5.41) is 19.9. The Labute approximate surface area is 207 Å². The molecule has 1 fully saturated rings. The molecule has 1 atom stereocenters. The second kappa shape index (κ2) is 10.5. The number of aromatic nitrogens is 1. The molecule has 2 aliphatic heterocycles. The predicted molar refractivity (Wildman–Crippen MR) is 132 cm³/mol. The molecule has 3 heterocycles. The standard InChI is InChI=1S/C24H25F2N9O/c1-28-23(32(3)29-2)20-5-4-19(26)22(31-20)33-8-10-34(11-9-33)24(36)35-21(6-7-30-35)17-12-16(15-27)13-18(25)14-17/h4-5,7,12-14,21H,2,6,8-11H2,1,3H3/t21-/m0/s1. The van der Waals surface area contributed by atoms with Crippen LogP contribution in [-0.2, 0) is 0 Å². The Balaban J connectivity index is 1.47. The van der Waals surface area contributed by atoms with Crippen molar-refractivity contribution in [3.05, 3.63) is 58.8 Å².